The van der Waals surface area contributed by atoms with E-state index in [1.54, 1.807) is 0 Å². The maximum Gasteiger partial charge on any atom is 0.306 e. The molecule has 0 spiro atoms. The standard InChI is InChI=1S/C69H128O6/c1-4-7-10-13-16-19-22-25-27-29-31-33-34-36-37-39-41-44-47-50-53-56-59-62-68(71)74-65-66(64-73-67(70)61-58-55-52-49-46-43-24-21-18-15-12-9-6-3)75-69(72)63-60-57-54-51-48-45-42-40-38-35-32-30-28-26-23-20-17-14-11-8-5-2/h9,12,18,21,43,46,66H,4-8,10-11,13-17,19-20,22-42,44-45,47-65H2,1-3H3/b12-9-,21-18-,46-43-. The second-order valence-electron chi connectivity index (χ2n) is 22.7. The molecule has 0 aromatic carbocycles. The van der Waals surface area contributed by atoms with Crippen LogP contribution in [-0.2, 0) is 28.6 Å². The Hall–Kier alpha value is -2.37. The van der Waals surface area contributed by atoms with Gasteiger partial charge in [0.05, 0.1) is 0 Å². The highest BCUT2D eigenvalue weighted by Crippen LogP contribution is 2.18. The van der Waals surface area contributed by atoms with E-state index >= 15 is 0 Å². The van der Waals surface area contributed by atoms with Gasteiger partial charge < -0.3 is 14.2 Å². The van der Waals surface area contributed by atoms with Crippen molar-refractivity contribution in [3.05, 3.63) is 36.5 Å². The highest BCUT2D eigenvalue weighted by Gasteiger charge is 2.19. The van der Waals surface area contributed by atoms with Crippen molar-refractivity contribution in [3.63, 3.8) is 0 Å². The van der Waals surface area contributed by atoms with E-state index in [2.05, 4.69) is 57.2 Å². The lowest BCUT2D eigenvalue weighted by atomic mass is 10.0. The molecule has 0 aliphatic carbocycles. The Balaban J connectivity index is 4.25. The van der Waals surface area contributed by atoms with Gasteiger partial charge in [-0.25, -0.2) is 0 Å². The molecule has 0 aliphatic rings. The second-order valence-corrected chi connectivity index (χ2v) is 22.7. The number of carbonyl (C=O) groups excluding carboxylic acids is 3. The summed E-state index contributed by atoms with van der Waals surface area (Å²) in [5.41, 5.74) is 0. The number of allylic oxidation sites excluding steroid dienone is 6. The zero-order valence-corrected chi connectivity index (χ0v) is 50.6. The van der Waals surface area contributed by atoms with Gasteiger partial charge in [-0.1, -0.05) is 333 Å². The van der Waals surface area contributed by atoms with Gasteiger partial charge >= 0.3 is 17.9 Å². The second kappa shape index (κ2) is 64.2. The van der Waals surface area contributed by atoms with Crippen LogP contribution in [0.3, 0.4) is 0 Å². The van der Waals surface area contributed by atoms with Crippen molar-refractivity contribution < 1.29 is 28.6 Å². The van der Waals surface area contributed by atoms with E-state index in [9.17, 15) is 14.4 Å². The molecule has 0 aromatic rings. The average molecular weight is 1050 g/mol. The first-order chi connectivity index (χ1) is 37.0. The van der Waals surface area contributed by atoms with Crippen LogP contribution in [0.4, 0.5) is 0 Å². The normalized spacial score (nSPS) is 12.2. The molecule has 0 fully saturated rings. The van der Waals surface area contributed by atoms with Gasteiger partial charge in [0.1, 0.15) is 13.2 Å². The molecule has 1 atom stereocenters. The molecule has 6 nitrogen and oxygen atoms in total. The van der Waals surface area contributed by atoms with E-state index in [1.807, 2.05) is 0 Å². The first-order valence-electron chi connectivity index (χ1n) is 33.5. The van der Waals surface area contributed by atoms with Gasteiger partial charge in [-0.05, 0) is 51.4 Å². The van der Waals surface area contributed by atoms with Crippen molar-refractivity contribution in [1.82, 2.24) is 0 Å². The average Bonchev–Trinajstić information content (AvgIpc) is 3.41. The Morgan fingerprint density at radius 1 is 0.280 bits per heavy atom. The smallest absolute Gasteiger partial charge is 0.306 e. The molecule has 6 heteroatoms. The lowest BCUT2D eigenvalue weighted by molar-refractivity contribution is -0.167. The zero-order chi connectivity index (χ0) is 54.3. The van der Waals surface area contributed by atoms with Gasteiger partial charge in [0, 0.05) is 19.3 Å². The van der Waals surface area contributed by atoms with Gasteiger partial charge in [0.15, 0.2) is 6.10 Å². The first kappa shape index (κ1) is 72.6. The molecule has 0 saturated carbocycles. The molecule has 0 aliphatic heterocycles. The Morgan fingerprint density at radius 3 is 0.813 bits per heavy atom. The number of hydrogen-bond donors (Lipinski definition) is 0. The van der Waals surface area contributed by atoms with Crippen molar-refractivity contribution in [2.24, 2.45) is 0 Å². The van der Waals surface area contributed by atoms with E-state index in [0.29, 0.717) is 19.3 Å². The Morgan fingerprint density at radius 2 is 0.520 bits per heavy atom. The van der Waals surface area contributed by atoms with Crippen molar-refractivity contribution in [2.75, 3.05) is 13.2 Å². The minimum absolute atomic E-state index is 0.0759. The quantitative estimate of drug-likeness (QED) is 0.0261. The lowest BCUT2D eigenvalue weighted by Crippen LogP contribution is -2.30. The van der Waals surface area contributed by atoms with Gasteiger partial charge in [0.25, 0.3) is 0 Å². The summed E-state index contributed by atoms with van der Waals surface area (Å²) in [6.07, 6.45) is 78.9. The summed E-state index contributed by atoms with van der Waals surface area (Å²) >= 11 is 0. The maximum absolute atomic E-state index is 12.9. The van der Waals surface area contributed by atoms with Crippen LogP contribution in [0.25, 0.3) is 0 Å². The number of esters is 3. The molecule has 0 heterocycles. The summed E-state index contributed by atoms with van der Waals surface area (Å²) in [5, 5.41) is 0. The van der Waals surface area contributed by atoms with E-state index in [4.69, 9.17) is 14.2 Å². The molecule has 0 bridgehead atoms. The van der Waals surface area contributed by atoms with Crippen LogP contribution in [0.15, 0.2) is 36.5 Å². The van der Waals surface area contributed by atoms with Crippen LogP contribution >= 0.6 is 0 Å². The third-order valence-corrected chi connectivity index (χ3v) is 15.2. The fraction of sp³-hybridized carbons (Fsp3) is 0.870. The first-order valence-corrected chi connectivity index (χ1v) is 33.5. The number of hydrogen-bond acceptors (Lipinski definition) is 6. The summed E-state index contributed by atoms with van der Waals surface area (Å²) in [6, 6.07) is 0. The molecule has 0 N–H and O–H groups in total. The highest BCUT2D eigenvalue weighted by atomic mass is 16.6. The van der Waals surface area contributed by atoms with Crippen molar-refractivity contribution in [1.29, 1.82) is 0 Å². The lowest BCUT2D eigenvalue weighted by Gasteiger charge is -2.18. The van der Waals surface area contributed by atoms with Crippen molar-refractivity contribution >= 4 is 17.9 Å². The predicted molar refractivity (Wildman–Crippen MR) is 326 cm³/mol. The van der Waals surface area contributed by atoms with Gasteiger partial charge in [-0.15, -0.1) is 0 Å². The molecular formula is C69H128O6. The monoisotopic (exact) mass is 1050 g/mol. The molecule has 1 unspecified atom stereocenters. The Kier molecular flexibility index (Phi) is 62.1. The molecule has 440 valence electrons. The topological polar surface area (TPSA) is 78.9 Å². The molecule has 0 radical (unpaired) electrons. The van der Waals surface area contributed by atoms with Crippen molar-refractivity contribution in [3.8, 4) is 0 Å². The molecule has 0 amide bonds. The summed E-state index contributed by atoms with van der Waals surface area (Å²) in [4.78, 5) is 38.3. The highest BCUT2D eigenvalue weighted by molar-refractivity contribution is 5.71. The molecule has 0 aromatic heterocycles. The third kappa shape index (κ3) is 62.4. The Labute approximate surface area is 467 Å². The van der Waals surface area contributed by atoms with Gasteiger partial charge in [-0.3, -0.25) is 14.4 Å². The fourth-order valence-electron chi connectivity index (χ4n) is 10.2. The fourth-order valence-corrected chi connectivity index (χ4v) is 10.2. The summed E-state index contributed by atoms with van der Waals surface area (Å²) in [6.45, 7) is 6.58. The van der Waals surface area contributed by atoms with E-state index in [1.165, 1.54) is 244 Å². The summed E-state index contributed by atoms with van der Waals surface area (Å²) < 4.78 is 16.9. The number of ether oxygens (including phenoxy) is 3. The van der Waals surface area contributed by atoms with E-state index < -0.39 is 6.10 Å². The summed E-state index contributed by atoms with van der Waals surface area (Å²) in [7, 11) is 0. The van der Waals surface area contributed by atoms with E-state index in [-0.39, 0.29) is 31.1 Å². The minimum atomic E-state index is -0.781. The SMILES string of the molecule is CC/C=C\C/C=C\C/C=C\CCCCCC(=O)OCC(COC(=O)CCCCCCCCCCCCCCCCCCCCCCCCC)OC(=O)CCCCCCCCCCCCCCCCCCCCCCC. The Bertz CT molecular complexity index is 1250. The molecule has 0 rings (SSSR count). The zero-order valence-electron chi connectivity index (χ0n) is 50.6. The minimum Gasteiger partial charge on any atom is -0.462 e. The largest absolute Gasteiger partial charge is 0.462 e. The van der Waals surface area contributed by atoms with Crippen LogP contribution in [-0.4, -0.2) is 37.2 Å². The van der Waals surface area contributed by atoms with E-state index in [0.717, 1.165) is 83.5 Å². The van der Waals surface area contributed by atoms with Crippen LogP contribution in [0.1, 0.15) is 367 Å². The number of unbranched alkanes of at least 4 members (excludes halogenated alkanes) is 45. The molecule has 75 heavy (non-hydrogen) atoms. The van der Waals surface area contributed by atoms with Gasteiger partial charge in [0.2, 0.25) is 0 Å². The van der Waals surface area contributed by atoms with Crippen LogP contribution < -0.4 is 0 Å². The molecule has 0 saturated heterocycles. The third-order valence-electron chi connectivity index (χ3n) is 15.2. The number of carbonyl (C=O) groups is 3. The van der Waals surface area contributed by atoms with Crippen LogP contribution in [0.2, 0.25) is 0 Å². The van der Waals surface area contributed by atoms with Crippen molar-refractivity contribution in [2.45, 2.75) is 374 Å². The van der Waals surface area contributed by atoms with Gasteiger partial charge in [-0.2, -0.15) is 0 Å². The number of rotatable bonds is 62. The predicted octanol–water partition coefficient (Wildman–Crippen LogP) is 22.8. The maximum atomic E-state index is 12.9. The van der Waals surface area contributed by atoms with Crippen LogP contribution in [0.5, 0.6) is 0 Å². The van der Waals surface area contributed by atoms with Crippen LogP contribution in [0, 0.1) is 0 Å². The summed E-state index contributed by atoms with van der Waals surface area (Å²) in [5.74, 6) is -0.879. The molecular weight excluding hydrogens is 925 g/mol.